The van der Waals surface area contributed by atoms with E-state index in [0.29, 0.717) is 24.5 Å². The Morgan fingerprint density at radius 1 is 1.10 bits per heavy atom. The first kappa shape index (κ1) is 33.0. The van der Waals surface area contributed by atoms with E-state index in [1.54, 1.807) is 24.4 Å². The number of amides is 1. The maximum Gasteiger partial charge on any atom is 0.248 e. The van der Waals surface area contributed by atoms with Crippen molar-refractivity contribution < 1.29 is 22.7 Å². The van der Waals surface area contributed by atoms with E-state index in [2.05, 4.69) is 25.6 Å². The van der Waals surface area contributed by atoms with Crippen molar-refractivity contribution in [2.75, 3.05) is 19.0 Å². The third-order valence-corrected chi connectivity index (χ3v) is 10.7. The summed E-state index contributed by atoms with van der Waals surface area (Å²) in [6, 6.07) is 16.6. The number of carbonyl (C=O) groups is 1. The smallest absolute Gasteiger partial charge is 0.248 e. The topological polar surface area (TPSA) is 141 Å². The van der Waals surface area contributed by atoms with Crippen molar-refractivity contribution in [3.63, 3.8) is 0 Å². The van der Waals surface area contributed by atoms with Gasteiger partial charge in [-0.15, -0.1) is 5.10 Å². The number of sulfonamides is 1. The monoisotopic (exact) mass is 669 g/mol. The number of ether oxygens (including phenoxy) is 2. The lowest BCUT2D eigenvalue weighted by Crippen LogP contribution is -2.36. The van der Waals surface area contributed by atoms with E-state index in [1.807, 2.05) is 62.7 Å². The quantitative estimate of drug-likeness (QED) is 0.207. The molecule has 0 saturated heterocycles. The number of pyridine rings is 2. The van der Waals surface area contributed by atoms with Crippen LogP contribution >= 0.6 is 0 Å². The van der Waals surface area contributed by atoms with Crippen LogP contribution in [0.4, 0.5) is 5.69 Å². The van der Waals surface area contributed by atoms with Crippen LogP contribution < -0.4 is 14.8 Å². The summed E-state index contributed by atoms with van der Waals surface area (Å²) in [6.45, 7) is 8.94. The summed E-state index contributed by atoms with van der Waals surface area (Å²) in [6.07, 6.45) is 3.48. The second kappa shape index (κ2) is 13.7. The average molecular weight is 670 g/mol. The second-order valence-corrected chi connectivity index (χ2v) is 13.8. The number of rotatable bonds is 10. The fraction of sp³-hybridized carbons (Fsp3) is 0.343. The van der Waals surface area contributed by atoms with Crippen LogP contribution in [-0.4, -0.2) is 63.4 Å². The van der Waals surface area contributed by atoms with E-state index in [9.17, 15) is 13.2 Å². The molecule has 2 aromatic carbocycles. The number of aromatic nitrogens is 5. The number of carbonyl (C=O) groups excluding carboxylic acids is 1. The van der Waals surface area contributed by atoms with Crippen LogP contribution in [0, 0.1) is 13.8 Å². The van der Waals surface area contributed by atoms with Crippen LogP contribution in [0.2, 0.25) is 0 Å². The zero-order valence-corrected chi connectivity index (χ0v) is 28.5. The number of hydrogen-bond acceptors (Lipinski definition) is 9. The number of methoxy groups -OCH3 is 1. The second-order valence-electron chi connectivity index (χ2n) is 11.9. The summed E-state index contributed by atoms with van der Waals surface area (Å²) in [5.41, 5.74) is 6.76. The van der Waals surface area contributed by atoms with E-state index in [0.717, 1.165) is 38.9 Å². The first-order chi connectivity index (χ1) is 23.1. The van der Waals surface area contributed by atoms with Crippen molar-refractivity contribution >= 4 is 32.7 Å². The molecule has 12 nitrogen and oxygen atoms in total. The zero-order chi connectivity index (χ0) is 34.0. The van der Waals surface area contributed by atoms with Gasteiger partial charge in [0, 0.05) is 37.7 Å². The van der Waals surface area contributed by atoms with Gasteiger partial charge in [0.1, 0.15) is 16.5 Å². The van der Waals surface area contributed by atoms with Crippen molar-refractivity contribution in [1.82, 2.24) is 29.3 Å². The Morgan fingerprint density at radius 2 is 1.94 bits per heavy atom. The van der Waals surface area contributed by atoms with Crippen LogP contribution in [0.5, 0.6) is 11.8 Å². The van der Waals surface area contributed by atoms with Gasteiger partial charge < -0.3 is 14.8 Å². The first-order valence-electron chi connectivity index (χ1n) is 16.0. The highest BCUT2D eigenvalue weighted by molar-refractivity contribution is 7.89. The summed E-state index contributed by atoms with van der Waals surface area (Å²) in [5, 5.41) is 11.7. The van der Waals surface area contributed by atoms with Gasteiger partial charge in [-0.2, -0.15) is 4.31 Å². The molecule has 0 saturated carbocycles. The molecular formula is C35H39N7O5S. The van der Waals surface area contributed by atoms with Crippen LogP contribution in [0.15, 0.2) is 71.9 Å². The summed E-state index contributed by atoms with van der Waals surface area (Å²) < 4.78 is 42.3. The molecule has 0 unspecified atom stereocenters. The van der Waals surface area contributed by atoms with E-state index >= 15 is 0 Å². The van der Waals surface area contributed by atoms with Crippen molar-refractivity contribution in [3.8, 4) is 11.8 Å². The van der Waals surface area contributed by atoms with Crippen LogP contribution in [0.3, 0.4) is 0 Å². The maximum absolute atomic E-state index is 13.9. The summed E-state index contributed by atoms with van der Waals surface area (Å²) in [4.78, 5) is 22.1. The maximum atomic E-state index is 13.9. The highest BCUT2D eigenvalue weighted by Crippen LogP contribution is 2.36. The van der Waals surface area contributed by atoms with Crippen molar-refractivity contribution in [3.05, 3.63) is 94.8 Å². The molecule has 0 spiro atoms. The van der Waals surface area contributed by atoms with Gasteiger partial charge in [0.05, 0.1) is 31.1 Å². The third kappa shape index (κ3) is 6.47. The van der Waals surface area contributed by atoms with Crippen LogP contribution in [0.1, 0.15) is 60.4 Å². The first-order valence-corrected chi connectivity index (χ1v) is 17.4. The molecule has 5 aromatic rings. The molecule has 4 heterocycles. The Kier molecular flexibility index (Phi) is 9.42. The lowest BCUT2D eigenvalue weighted by molar-refractivity contribution is -0.116. The molecule has 1 N–H and O–H groups in total. The highest BCUT2D eigenvalue weighted by Gasteiger charge is 2.35. The van der Waals surface area contributed by atoms with Crippen molar-refractivity contribution in [1.29, 1.82) is 0 Å². The Morgan fingerprint density at radius 3 is 2.67 bits per heavy atom. The van der Waals surface area contributed by atoms with Gasteiger partial charge in [0.2, 0.25) is 27.7 Å². The molecule has 1 aliphatic rings. The third-order valence-electron chi connectivity index (χ3n) is 8.89. The predicted molar refractivity (Wildman–Crippen MR) is 182 cm³/mol. The molecule has 250 valence electrons. The Labute approximate surface area is 280 Å². The highest BCUT2D eigenvalue weighted by atomic mass is 32.2. The Hall–Kier alpha value is -4.88. The molecule has 0 bridgehead atoms. The fourth-order valence-corrected chi connectivity index (χ4v) is 7.65. The summed E-state index contributed by atoms with van der Waals surface area (Å²) >= 11 is 0. The molecule has 1 amide bonds. The Bertz CT molecular complexity index is 2060. The molecule has 48 heavy (non-hydrogen) atoms. The normalized spacial score (nSPS) is 16.5. The predicted octanol–water partition coefficient (Wildman–Crippen LogP) is 5.39. The van der Waals surface area contributed by atoms with Crippen LogP contribution in [0.25, 0.3) is 11.0 Å². The minimum Gasteiger partial charge on any atom is -0.481 e. The average Bonchev–Trinajstić information content (AvgIpc) is 3.48. The number of benzene rings is 2. The van der Waals surface area contributed by atoms with E-state index in [-0.39, 0.29) is 48.2 Å². The molecule has 0 radical (unpaired) electrons. The molecule has 0 aliphatic carbocycles. The van der Waals surface area contributed by atoms with E-state index in [4.69, 9.17) is 9.47 Å². The number of fused-ring (bicyclic) bond motifs is 2. The lowest BCUT2D eigenvalue weighted by atomic mass is 9.84. The minimum absolute atomic E-state index is 0.0568. The van der Waals surface area contributed by atoms with Gasteiger partial charge >= 0.3 is 0 Å². The van der Waals surface area contributed by atoms with Crippen molar-refractivity contribution in [2.45, 2.75) is 70.5 Å². The molecule has 13 heteroatoms. The number of nitrogens with one attached hydrogen (secondary N) is 1. The minimum atomic E-state index is -3.90. The van der Waals surface area contributed by atoms with Gasteiger partial charge in [-0.05, 0) is 79.3 Å². The molecule has 1 aliphatic heterocycles. The largest absolute Gasteiger partial charge is 0.481 e. The SMILES string of the molecule is CC[C@@H]1CN(Cc2cc([C@H](CC(=O)Nc3ccc(OC)nc3)c3ccc4c(nnn4CC)c3C)ccc2C)S(=O)(=O)c2cccnc2O1. The van der Waals surface area contributed by atoms with Gasteiger partial charge in [-0.1, -0.05) is 36.4 Å². The van der Waals surface area contributed by atoms with Gasteiger partial charge in [0.15, 0.2) is 0 Å². The van der Waals surface area contributed by atoms with Gasteiger partial charge in [0.25, 0.3) is 0 Å². The number of hydrogen-bond donors (Lipinski definition) is 1. The number of anilines is 1. The standard InChI is InChI=1S/C35H39N7O5S/c1-6-27-21-41(48(44,45)31-9-8-16-36-35(31)47-27)20-25-17-24(11-10-22(25)3)29(18-32(43)38-26-12-15-33(46-5)37-19-26)28-13-14-30-34(23(28)4)39-40-42(30)7-2/h8-17,19,27,29H,6-7,18,20-21H2,1-5H3,(H,38,43)/t27-,29+/m1/s1. The number of aryl methyl sites for hydroxylation is 3. The summed E-state index contributed by atoms with van der Waals surface area (Å²) in [7, 11) is -2.37. The molecular weight excluding hydrogens is 630 g/mol. The van der Waals surface area contributed by atoms with Crippen LogP contribution in [-0.2, 0) is 27.9 Å². The zero-order valence-electron chi connectivity index (χ0n) is 27.7. The van der Waals surface area contributed by atoms with Crippen molar-refractivity contribution in [2.24, 2.45) is 0 Å². The Balaban J connectivity index is 1.38. The molecule has 0 fully saturated rings. The fourth-order valence-electron chi connectivity index (χ4n) is 6.12. The molecule has 2 atom stereocenters. The summed E-state index contributed by atoms with van der Waals surface area (Å²) in [5.74, 6) is 0.00324. The van der Waals surface area contributed by atoms with Gasteiger partial charge in [-0.3, -0.25) is 4.79 Å². The molecule has 3 aromatic heterocycles. The van der Waals surface area contributed by atoms with E-state index in [1.165, 1.54) is 23.7 Å². The lowest BCUT2D eigenvalue weighted by Gasteiger charge is -2.25. The molecule has 6 rings (SSSR count). The number of nitrogens with zero attached hydrogens (tertiary/aromatic N) is 6. The van der Waals surface area contributed by atoms with Gasteiger partial charge in [-0.25, -0.2) is 23.1 Å². The van der Waals surface area contributed by atoms with E-state index < -0.39 is 10.0 Å².